The summed E-state index contributed by atoms with van der Waals surface area (Å²) in [7, 11) is 1.79. The first-order chi connectivity index (χ1) is 13.6. The van der Waals surface area contributed by atoms with Crippen LogP contribution in [0.25, 0.3) is 0 Å². The molecule has 8 heteroatoms. The molecule has 0 spiro atoms. The molecule has 0 atom stereocenters. The normalized spacial score (nSPS) is 16.7. The minimum absolute atomic E-state index is 0.0131. The van der Waals surface area contributed by atoms with E-state index in [4.69, 9.17) is 9.47 Å². The smallest absolute Gasteiger partial charge is 0.258 e. The summed E-state index contributed by atoms with van der Waals surface area (Å²) in [6, 6.07) is 5.37. The van der Waals surface area contributed by atoms with Gasteiger partial charge in [-0.2, -0.15) is 4.37 Å². The Morgan fingerprint density at radius 2 is 1.89 bits per heavy atom. The second kappa shape index (κ2) is 7.79. The van der Waals surface area contributed by atoms with Crippen LogP contribution in [0, 0.1) is 12.8 Å². The third-order valence-electron chi connectivity index (χ3n) is 5.28. The third kappa shape index (κ3) is 3.44. The molecule has 0 radical (unpaired) electrons. The molecule has 4 rings (SSSR count). The number of benzene rings is 1. The molecule has 2 aliphatic heterocycles. The monoisotopic (exact) mass is 401 g/mol. The summed E-state index contributed by atoms with van der Waals surface area (Å²) < 4.78 is 15.4. The molecule has 1 amide bonds. The molecule has 0 aliphatic carbocycles. The Bertz CT molecular complexity index is 903. The van der Waals surface area contributed by atoms with Crippen molar-refractivity contribution in [1.29, 1.82) is 0 Å². The van der Waals surface area contributed by atoms with Gasteiger partial charge in [0.2, 0.25) is 0 Å². The number of ether oxygens (including phenoxy) is 2. The molecule has 7 nitrogen and oxygen atoms in total. The molecule has 3 heterocycles. The van der Waals surface area contributed by atoms with E-state index in [1.54, 1.807) is 25.2 Å². The van der Waals surface area contributed by atoms with E-state index in [0.29, 0.717) is 61.8 Å². The van der Waals surface area contributed by atoms with Gasteiger partial charge in [0.05, 0.1) is 11.3 Å². The number of rotatable bonds is 4. The number of Topliss-reactive ketones (excluding diaryl/α,β-unsaturated/α-hetero) is 1. The van der Waals surface area contributed by atoms with Crippen LogP contribution in [0.2, 0.25) is 0 Å². The molecule has 28 heavy (non-hydrogen) atoms. The molecule has 0 unspecified atom stereocenters. The molecule has 1 aromatic carbocycles. The predicted octanol–water partition coefficient (Wildman–Crippen LogP) is 3.00. The first kappa shape index (κ1) is 18.7. The van der Waals surface area contributed by atoms with Gasteiger partial charge < -0.3 is 19.7 Å². The Balaban J connectivity index is 1.42. The van der Waals surface area contributed by atoms with Crippen molar-refractivity contribution in [2.24, 2.45) is 5.92 Å². The molecule has 1 saturated heterocycles. The van der Waals surface area contributed by atoms with Crippen molar-refractivity contribution in [3.05, 3.63) is 35.0 Å². The minimum atomic E-state index is -0.0860. The van der Waals surface area contributed by atoms with E-state index in [2.05, 4.69) is 9.69 Å². The van der Waals surface area contributed by atoms with Crippen LogP contribution in [0.4, 0.5) is 5.00 Å². The van der Waals surface area contributed by atoms with E-state index in [1.807, 2.05) is 11.8 Å². The number of amides is 1. The van der Waals surface area contributed by atoms with Gasteiger partial charge in [0, 0.05) is 31.6 Å². The van der Waals surface area contributed by atoms with Crippen LogP contribution in [-0.2, 0) is 0 Å². The number of aryl methyl sites for hydroxylation is 1. The number of nitrogens with zero attached hydrogens (tertiary/aromatic N) is 2. The Morgan fingerprint density at radius 3 is 2.61 bits per heavy atom. The van der Waals surface area contributed by atoms with Crippen molar-refractivity contribution in [1.82, 2.24) is 9.27 Å². The molecule has 1 N–H and O–H groups in total. The van der Waals surface area contributed by atoms with Gasteiger partial charge >= 0.3 is 0 Å². The summed E-state index contributed by atoms with van der Waals surface area (Å²) >= 11 is 1.30. The highest BCUT2D eigenvalue weighted by molar-refractivity contribution is 7.10. The summed E-state index contributed by atoms with van der Waals surface area (Å²) in [5.74, 6) is 1.32. The number of carbonyl (C=O) groups is 2. The number of hydrogen-bond donors (Lipinski definition) is 1. The van der Waals surface area contributed by atoms with E-state index in [-0.39, 0.29) is 17.6 Å². The average Bonchev–Trinajstić information content (AvgIpc) is 3.13. The number of nitrogens with one attached hydrogen (secondary N) is 1. The number of carbonyl (C=O) groups excluding carboxylic acids is 2. The van der Waals surface area contributed by atoms with Crippen LogP contribution in [-0.4, -0.2) is 54.3 Å². The first-order valence-electron chi connectivity index (χ1n) is 9.45. The topological polar surface area (TPSA) is 80.8 Å². The van der Waals surface area contributed by atoms with Crippen LogP contribution in [0.3, 0.4) is 0 Å². The number of piperidine rings is 1. The molecule has 0 bridgehead atoms. The zero-order valence-corrected chi connectivity index (χ0v) is 16.8. The zero-order valence-electron chi connectivity index (χ0n) is 16.0. The van der Waals surface area contributed by atoms with Gasteiger partial charge in [-0.1, -0.05) is 0 Å². The maximum Gasteiger partial charge on any atom is 0.258 e. The minimum Gasteiger partial charge on any atom is -0.486 e. The first-order valence-corrected chi connectivity index (χ1v) is 10.2. The van der Waals surface area contributed by atoms with E-state index >= 15 is 0 Å². The third-order valence-corrected chi connectivity index (χ3v) is 6.24. The van der Waals surface area contributed by atoms with Crippen molar-refractivity contribution in [3.8, 4) is 11.5 Å². The van der Waals surface area contributed by atoms with E-state index in [9.17, 15) is 9.59 Å². The van der Waals surface area contributed by atoms with Gasteiger partial charge in [-0.3, -0.25) is 9.59 Å². The molecule has 148 valence electrons. The summed E-state index contributed by atoms with van der Waals surface area (Å²) in [5.41, 5.74) is 2.03. The Kier molecular flexibility index (Phi) is 5.21. The predicted molar refractivity (Wildman–Crippen MR) is 107 cm³/mol. The Morgan fingerprint density at radius 1 is 1.18 bits per heavy atom. The largest absolute Gasteiger partial charge is 0.486 e. The maximum atomic E-state index is 12.9. The molecular weight excluding hydrogens is 378 g/mol. The highest BCUT2D eigenvalue weighted by atomic mass is 32.1. The number of fused-ring (bicyclic) bond motifs is 1. The van der Waals surface area contributed by atoms with E-state index in [0.717, 1.165) is 10.7 Å². The second-order valence-corrected chi connectivity index (χ2v) is 7.78. The van der Waals surface area contributed by atoms with Gasteiger partial charge in [0.15, 0.2) is 17.3 Å². The quantitative estimate of drug-likeness (QED) is 0.794. The lowest BCUT2D eigenvalue weighted by molar-refractivity contribution is 0.0650. The lowest BCUT2D eigenvalue weighted by atomic mass is 9.88. The summed E-state index contributed by atoms with van der Waals surface area (Å²) in [5, 5.41) is 3.83. The standard InChI is InChI=1S/C20H23N3O4S/c1-12-17(19(21-2)28-22-12)20(25)23-7-5-13(6-8-23)18(24)14-3-4-15-16(11-14)27-10-9-26-15/h3-4,11,13,21H,5-10H2,1-2H3. The SMILES string of the molecule is CNc1snc(C)c1C(=O)N1CCC(C(=O)c2ccc3c(c2)OCCO3)CC1. The van der Waals surface area contributed by atoms with Gasteiger partial charge in [-0.05, 0) is 49.5 Å². The van der Waals surface area contributed by atoms with Crippen LogP contribution in [0.15, 0.2) is 18.2 Å². The number of ketones is 1. The van der Waals surface area contributed by atoms with Crippen LogP contribution in [0.1, 0.15) is 39.3 Å². The summed E-state index contributed by atoms with van der Waals surface area (Å²) in [6.07, 6.45) is 1.31. The van der Waals surface area contributed by atoms with Crippen molar-refractivity contribution >= 4 is 28.2 Å². The molecular formula is C20H23N3O4S. The highest BCUT2D eigenvalue weighted by Crippen LogP contribution is 2.33. The van der Waals surface area contributed by atoms with E-state index in [1.165, 1.54) is 11.5 Å². The van der Waals surface area contributed by atoms with Gasteiger partial charge in [-0.15, -0.1) is 0 Å². The number of anilines is 1. The number of aromatic nitrogens is 1. The molecule has 0 saturated carbocycles. The lowest BCUT2D eigenvalue weighted by Gasteiger charge is -2.31. The van der Waals surface area contributed by atoms with Crippen molar-refractivity contribution < 1.29 is 19.1 Å². The van der Waals surface area contributed by atoms with Crippen LogP contribution in [0.5, 0.6) is 11.5 Å². The molecule has 1 aromatic heterocycles. The molecule has 1 fully saturated rings. The Labute approximate surface area is 167 Å². The van der Waals surface area contributed by atoms with Crippen LogP contribution >= 0.6 is 11.5 Å². The van der Waals surface area contributed by atoms with Gasteiger partial charge in [0.1, 0.15) is 18.2 Å². The van der Waals surface area contributed by atoms with Gasteiger partial charge in [0.25, 0.3) is 5.91 Å². The van der Waals surface area contributed by atoms with Crippen molar-refractivity contribution in [3.63, 3.8) is 0 Å². The second-order valence-electron chi connectivity index (χ2n) is 7.01. The lowest BCUT2D eigenvalue weighted by Crippen LogP contribution is -2.40. The van der Waals surface area contributed by atoms with Crippen molar-refractivity contribution in [2.75, 3.05) is 38.7 Å². The summed E-state index contributed by atoms with van der Waals surface area (Å²) in [4.78, 5) is 27.7. The van der Waals surface area contributed by atoms with Gasteiger partial charge in [-0.25, -0.2) is 0 Å². The number of likely N-dealkylation sites (tertiary alicyclic amines) is 1. The van der Waals surface area contributed by atoms with E-state index < -0.39 is 0 Å². The van der Waals surface area contributed by atoms with Crippen LogP contribution < -0.4 is 14.8 Å². The number of hydrogen-bond acceptors (Lipinski definition) is 7. The fourth-order valence-corrected chi connectivity index (χ4v) is 4.46. The maximum absolute atomic E-state index is 12.9. The fourth-order valence-electron chi connectivity index (χ4n) is 3.73. The average molecular weight is 401 g/mol. The molecule has 2 aliphatic rings. The highest BCUT2D eigenvalue weighted by Gasteiger charge is 2.31. The Hall–Kier alpha value is -2.61. The molecule has 2 aromatic rings. The van der Waals surface area contributed by atoms with Crippen molar-refractivity contribution in [2.45, 2.75) is 19.8 Å². The zero-order chi connectivity index (χ0) is 19.7. The summed E-state index contributed by atoms with van der Waals surface area (Å²) in [6.45, 7) is 4.01. The fraction of sp³-hybridized carbons (Fsp3) is 0.450.